The van der Waals surface area contributed by atoms with Gasteiger partial charge in [0.25, 0.3) is 0 Å². The molecule has 3 rings (SSSR count). The summed E-state index contributed by atoms with van der Waals surface area (Å²) in [5.41, 5.74) is 5.14. The van der Waals surface area contributed by atoms with Gasteiger partial charge in [-0.05, 0) is 18.9 Å². The normalized spacial score (nSPS) is 16.2. The van der Waals surface area contributed by atoms with Crippen LogP contribution in [0.4, 0.5) is 4.79 Å². The number of carbonyl (C=O) groups excluding carboxylic acids is 2. The molecule has 0 unspecified atom stereocenters. The fourth-order valence-corrected chi connectivity index (χ4v) is 3.48. The number of hydrogen-bond donors (Lipinski definition) is 1. The lowest BCUT2D eigenvalue weighted by Gasteiger charge is -2.10. The standard InChI is InChI=1S/C12H10ClN4O2S/c13-9-8-4-7(20-10(8)16-5-15-9)3-6-1-2-17(11(6)18)12(14)19/h4-5H,1-3H2,(H2,14,19). The van der Waals surface area contributed by atoms with E-state index in [1.54, 1.807) is 0 Å². The highest BCUT2D eigenvalue weighted by molar-refractivity contribution is 7.18. The van der Waals surface area contributed by atoms with Gasteiger partial charge in [-0.15, -0.1) is 11.3 Å². The van der Waals surface area contributed by atoms with Crippen molar-refractivity contribution in [2.75, 3.05) is 6.54 Å². The molecule has 1 aliphatic rings. The van der Waals surface area contributed by atoms with Crippen LogP contribution in [-0.4, -0.2) is 33.4 Å². The Bertz CT molecular complexity index is 702. The Balaban J connectivity index is 1.82. The van der Waals surface area contributed by atoms with E-state index in [-0.39, 0.29) is 5.91 Å². The number of fused-ring (bicyclic) bond motifs is 1. The lowest BCUT2D eigenvalue weighted by Crippen LogP contribution is -2.37. The summed E-state index contributed by atoms with van der Waals surface area (Å²) in [6, 6.07) is 1.19. The third-order valence-corrected chi connectivity index (χ3v) is 4.51. The topological polar surface area (TPSA) is 89.2 Å². The van der Waals surface area contributed by atoms with Crippen molar-refractivity contribution in [2.24, 2.45) is 5.73 Å². The largest absolute Gasteiger partial charge is 0.351 e. The van der Waals surface area contributed by atoms with Crippen LogP contribution in [0.1, 0.15) is 11.3 Å². The van der Waals surface area contributed by atoms with Gasteiger partial charge in [-0.2, -0.15) is 0 Å². The third kappa shape index (κ3) is 2.23. The minimum absolute atomic E-state index is 0.285. The number of nitrogens with zero attached hydrogens (tertiary/aromatic N) is 3. The number of rotatable bonds is 2. The molecule has 1 radical (unpaired) electrons. The molecule has 1 aliphatic heterocycles. The molecular formula is C12H10ClN4O2S. The number of hydrogen-bond acceptors (Lipinski definition) is 5. The molecule has 0 saturated carbocycles. The van der Waals surface area contributed by atoms with E-state index in [0.717, 1.165) is 20.0 Å². The maximum absolute atomic E-state index is 12.0. The van der Waals surface area contributed by atoms with Gasteiger partial charge < -0.3 is 5.73 Å². The van der Waals surface area contributed by atoms with Gasteiger partial charge in [-0.3, -0.25) is 9.69 Å². The summed E-state index contributed by atoms with van der Waals surface area (Å²) in [6.45, 7) is 0.356. The van der Waals surface area contributed by atoms with Crippen LogP contribution < -0.4 is 5.73 Å². The Kier molecular flexibility index (Phi) is 3.31. The summed E-state index contributed by atoms with van der Waals surface area (Å²) >= 11 is 7.46. The van der Waals surface area contributed by atoms with Crippen molar-refractivity contribution in [3.8, 4) is 0 Å². The van der Waals surface area contributed by atoms with Crippen LogP contribution >= 0.6 is 22.9 Å². The number of thiophene rings is 1. The first-order chi connectivity index (χ1) is 9.56. The molecule has 3 heterocycles. The number of carbonyl (C=O) groups is 2. The molecule has 8 heteroatoms. The molecule has 3 amide bonds. The van der Waals surface area contributed by atoms with Gasteiger partial charge in [0, 0.05) is 16.8 Å². The summed E-state index contributed by atoms with van der Waals surface area (Å²) < 4.78 is 0. The molecule has 2 aromatic rings. The second-order valence-electron chi connectivity index (χ2n) is 4.42. The summed E-state index contributed by atoms with van der Waals surface area (Å²) in [6.07, 6.45) is 2.45. The molecule has 1 fully saturated rings. The zero-order valence-electron chi connectivity index (χ0n) is 10.3. The predicted molar refractivity (Wildman–Crippen MR) is 75.3 cm³/mol. The number of aromatic nitrogens is 2. The number of imide groups is 1. The van der Waals surface area contributed by atoms with Crippen molar-refractivity contribution >= 4 is 45.1 Å². The zero-order valence-corrected chi connectivity index (χ0v) is 11.9. The van der Waals surface area contributed by atoms with E-state index in [1.165, 1.54) is 17.7 Å². The maximum atomic E-state index is 12.0. The van der Waals surface area contributed by atoms with E-state index in [1.807, 2.05) is 6.07 Å². The van der Waals surface area contributed by atoms with Crippen molar-refractivity contribution in [1.82, 2.24) is 14.9 Å². The molecule has 1 saturated heterocycles. The highest BCUT2D eigenvalue weighted by Gasteiger charge is 2.35. The summed E-state index contributed by atoms with van der Waals surface area (Å²) in [5.74, 6) is 0.395. The van der Waals surface area contributed by atoms with Crippen LogP contribution in [0.5, 0.6) is 0 Å². The van der Waals surface area contributed by atoms with E-state index in [9.17, 15) is 9.59 Å². The second kappa shape index (κ2) is 4.99. The average molecular weight is 310 g/mol. The average Bonchev–Trinajstić information content (AvgIpc) is 2.95. The van der Waals surface area contributed by atoms with Crippen LogP contribution in [0.25, 0.3) is 10.2 Å². The Hall–Kier alpha value is -1.73. The van der Waals surface area contributed by atoms with Crippen molar-refractivity contribution in [2.45, 2.75) is 12.8 Å². The fraction of sp³-hybridized carbons (Fsp3) is 0.250. The van der Waals surface area contributed by atoms with E-state index in [0.29, 0.717) is 30.5 Å². The van der Waals surface area contributed by atoms with Crippen LogP contribution in [0.15, 0.2) is 12.4 Å². The molecule has 6 nitrogen and oxygen atoms in total. The van der Waals surface area contributed by atoms with Gasteiger partial charge >= 0.3 is 6.03 Å². The van der Waals surface area contributed by atoms with Crippen molar-refractivity contribution in [3.05, 3.63) is 28.3 Å². The minimum atomic E-state index is -0.699. The van der Waals surface area contributed by atoms with Gasteiger partial charge in [-0.1, -0.05) is 11.6 Å². The number of primary amides is 1. The van der Waals surface area contributed by atoms with E-state index in [2.05, 4.69) is 9.97 Å². The quantitative estimate of drug-likeness (QED) is 0.856. The first kappa shape index (κ1) is 13.3. The number of urea groups is 1. The molecule has 0 bridgehead atoms. The Morgan fingerprint density at radius 2 is 2.30 bits per heavy atom. The van der Waals surface area contributed by atoms with Crippen LogP contribution in [0.3, 0.4) is 0 Å². The zero-order chi connectivity index (χ0) is 14.3. The molecule has 0 atom stereocenters. The predicted octanol–water partition coefficient (Wildman–Crippen LogP) is 1.77. The maximum Gasteiger partial charge on any atom is 0.321 e. The highest BCUT2D eigenvalue weighted by Crippen LogP contribution is 2.32. The lowest BCUT2D eigenvalue weighted by atomic mass is 10.0. The van der Waals surface area contributed by atoms with Crippen molar-refractivity contribution < 1.29 is 9.59 Å². The molecule has 20 heavy (non-hydrogen) atoms. The first-order valence-corrected chi connectivity index (χ1v) is 7.10. The first-order valence-electron chi connectivity index (χ1n) is 5.91. The number of nitrogens with two attached hydrogens (primary N) is 1. The van der Waals surface area contributed by atoms with E-state index < -0.39 is 6.03 Å². The monoisotopic (exact) mass is 309 g/mol. The Labute approximate surface area is 123 Å². The fourth-order valence-electron chi connectivity index (χ4n) is 2.19. The third-order valence-electron chi connectivity index (χ3n) is 3.17. The van der Waals surface area contributed by atoms with Crippen LogP contribution in [0, 0.1) is 5.92 Å². The molecular weight excluding hydrogens is 300 g/mol. The van der Waals surface area contributed by atoms with Gasteiger partial charge in [-0.25, -0.2) is 14.8 Å². The molecule has 0 aliphatic carbocycles. The number of likely N-dealkylation sites (tertiary alicyclic amines) is 1. The molecule has 0 spiro atoms. The second-order valence-corrected chi connectivity index (χ2v) is 5.89. The van der Waals surface area contributed by atoms with Crippen molar-refractivity contribution in [1.29, 1.82) is 0 Å². The van der Waals surface area contributed by atoms with Gasteiger partial charge in [0.15, 0.2) is 0 Å². The van der Waals surface area contributed by atoms with Gasteiger partial charge in [0.05, 0.1) is 5.92 Å². The van der Waals surface area contributed by atoms with E-state index >= 15 is 0 Å². The van der Waals surface area contributed by atoms with Crippen molar-refractivity contribution in [3.63, 3.8) is 0 Å². The molecule has 2 aromatic heterocycles. The minimum Gasteiger partial charge on any atom is -0.351 e. The summed E-state index contributed by atoms with van der Waals surface area (Å²) in [4.78, 5) is 33.9. The highest BCUT2D eigenvalue weighted by atomic mass is 35.5. The summed E-state index contributed by atoms with van der Waals surface area (Å²) in [5, 5.41) is 1.19. The number of amides is 3. The molecule has 0 aromatic carbocycles. The number of halogens is 1. The molecule has 103 valence electrons. The molecule has 2 N–H and O–H groups in total. The van der Waals surface area contributed by atoms with Crippen LogP contribution in [-0.2, 0) is 11.2 Å². The Morgan fingerprint density at radius 1 is 1.50 bits per heavy atom. The van der Waals surface area contributed by atoms with Crippen LogP contribution in [0.2, 0.25) is 5.15 Å². The Morgan fingerprint density at radius 3 is 2.95 bits per heavy atom. The lowest BCUT2D eigenvalue weighted by molar-refractivity contribution is -0.123. The van der Waals surface area contributed by atoms with E-state index in [4.69, 9.17) is 17.3 Å². The summed E-state index contributed by atoms with van der Waals surface area (Å²) in [7, 11) is 0. The van der Waals surface area contributed by atoms with Gasteiger partial charge in [0.1, 0.15) is 16.3 Å². The smallest absolute Gasteiger partial charge is 0.321 e. The SMILES string of the molecule is NC(=O)N1CC[C](Cc2cc3c(Cl)ncnc3s2)C1=O. The van der Waals surface area contributed by atoms with Gasteiger partial charge in [0.2, 0.25) is 5.91 Å².